The number of benzene rings is 1. The van der Waals surface area contributed by atoms with Crippen molar-refractivity contribution in [3.8, 4) is 5.75 Å². The van der Waals surface area contributed by atoms with Gasteiger partial charge in [0.25, 0.3) is 0 Å². The second kappa shape index (κ2) is 4.96. The van der Waals surface area contributed by atoms with Crippen molar-refractivity contribution in [3.05, 3.63) is 51.7 Å². The number of aliphatic hydroxyl groups excluding tert-OH is 1. The van der Waals surface area contributed by atoms with Crippen LogP contribution in [0.1, 0.15) is 28.1 Å². The van der Waals surface area contributed by atoms with Crippen LogP contribution in [0.15, 0.2) is 35.7 Å². The summed E-state index contributed by atoms with van der Waals surface area (Å²) in [5, 5.41) is 12.4. The van der Waals surface area contributed by atoms with E-state index < -0.39 is 6.10 Å². The summed E-state index contributed by atoms with van der Waals surface area (Å²) < 4.78 is 5.50. The van der Waals surface area contributed by atoms with Crippen molar-refractivity contribution in [1.82, 2.24) is 4.90 Å². The van der Waals surface area contributed by atoms with Crippen LogP contribution in [0.3, 0.4) is 0 Å². The van der Waals surface area contributed by atoms with Gasteiger partial charge in [0.05, 0.1) is 19.3 Å². The van der Waals surface area contributed by atoms with Crippen LogP contribution in [0, 0.1) is 0 Å². The Bertz CT molecular complexity index is 568. The van der Waals surface area contributed by atoms with Gasteiger partial charge in [-0.15, -0.1) is 11.3 Å². The number of hydrogen-bond donors (Lipinski definition) is 1. The van der Waals surface area contributed by atoms with E-state index in [0.717, 1.165) is 16.9 Å². The number of β-amino-alcohol motifs (C(OH)–C–C–N with tert-alkyl or cyclic N) is 1. The van der Waals surface area contributed by atoms with Crippen LogP contribution in [-0.4, -0.2) is 30.7 Å². The van der Waals surface area contributed by atoms with E-state index in [1.165, 1.54) is 4.88 Å². The quantitative estimate of drug-likeness (QED) is 0.915. The van der Waals surface area contributed by atoms with Gasteiger partial charge in [0.2, 0.25) is 0 Å². The molecule has 0 aliphatic carbocycles. The van der Waals surface area contributed by atoms with Gasteiger partial charge in [0.1, 0.15) is 5.75 Å². The maximum Gasteiger partial charge on any atom is 0.124 e. The average molecular weight is 275 g/mol. The number of aliphatic hydroxyl groups is 1. The second-order valence-electron chi connectivity index (χ2n) is 4.84. The third kappa shape index (κ3) is 2.06. The Kier molecular flexibility index (Phi) is 3.31. The molecule has 100 valence electrons. The summed E-state index contributed by atoms with van der Waals surface area (Å²) >= 11 is 1.74. The molecule has 1 N–H and O–H groups in total. The number of thiophene rings is 1. The highest BCUT2D eigenvalue weighted by Crippen LogP contribution is 2.43. The lowest BCUT2D eigenvalue weighted by Gasteiger charge is -2.37. The number of methoxy groups -OCH3 is 1. The summed E-state index contributed by atoms with van der Waals surface area (Å²) in [6.07, 6.45) is -0.452. The molecule has 0 fully saturated rings. The Balaban J connectivity index is 2.19. The van der Waals surface area contributed by atoms with Gasteiger partial charge in [-0.2, -0.15) is 0 Å². The fourth-order valence-electron chi connectivity index (χ4n) is 2.83. The predicted octanol–water partition coefficient (Wildman–Crippen LogP) is 2.82. The van der Waals surface area contributed by atoms with Gasteiger partial charge >= 0.3 is 0 Å². The van der Waals surface area contributed by atoms with Gasteiger partial charge in [0, 0.05) is 17.0 Å². The topological polar surface area (TPSA) is 32.7 Å². The maximum atomic E-state index is 10.3. The van der Waals surface area contributed by atoms with E-state index in [9.17, 15) is 5.11 Å². The largest absolute Gasteiger partial charge is 0.496 e. The van der Waals surface area contributed by atoms with E-state index >= 15 is 0 Å². The molecule has 0 radical (unpaired) electrons. The highest BCUT2D eigenvalue weighted by atomic mass is 32.1. The summed E-state index contributed by atoms with van der Waals surface area (Å²) in [6.45, 7) is 0.642. The molecule has 0 saturated carbocycles. The van der Waals surface area contributed by atoms with Crippen LogP contribution in [0.25, 0.3) is 0 Å². The van der Waals surface area contributed by atoms with Crippen LogP contribution in [-0.2, 0) is 0 Å². The molecule has 1 aromatic carbocycles. The zero-order chi connectivity index (χ0) is 13.4. The van der Waals surface area contributed by atoms with E-state index in [2.05, 4.69) is 22.4 Å². The Morgan fingerprint density at radius 1 is 1.32 bits per heavy atom. The number of likely N-dealkylation sites (N-methyl/N-ethyl adjacent to an activating group) is 1. The van der Waals surface area contributed by atoms with Crippen molar-refractivity contribution in [2.75, 3.05) is 20.7 Å². The lowest BCUT2D eigenvalue weighted by molar-refractivity contribution is 0.0938. The maximum absolute atomic E-state index is 10.3. The third-order valence-corrected chi connectivity index (χ3v) is 4.59. The van der Waals surface area contributed by atoms with E-state index in [-0.39, 0.29) is 6.04 Å². The molecule has 1 aromatic heterocycles. The molecule has 0 saturated heterocycles. The lowest BCUT2D eigenvalue weighted by atomic mass is 9.89. The Morgan fingerprint density at radius 2 is 2.16 bits per heavy atom. The van der Waals surface area contributed by atoms with Crippen molar-refractivity contribution in [2.45, 2.75) is 12.1 Å². The van der Waals surface area contributed by atoms with Crippen molar-refractivity contribution < 1.29 is 9.84 Å². The normalized spacial score (nSPS) is 23.1. The van der Waals surface area contributed by atoms with Crippen molar-refractivity contribution in [3.63, 3.8) is 0 Å². The Labute approximate surface area is 117 Å². The van der Waals surface area contributed by atoms with Crippen LogP contribution in [0.2, 0.25) is 0 Å². The molecule has 3 nitrogen and oxygen atoms in total. The summed E-state index contributed by atoms with van der Waals surface area (Å²) in [4.78, 5) is 3.46. The fraction of sp³-hybridized carbons (Fsp3) is 0.333. The minimum absolute atomic E-state index is 0.162. The second-order valence-corrected chi connectivity index (χ2v) is 5.82. The molecule has 3 rings (SSSR count). The molecule has 1 aliphatic rings. The van der Waals surface area contributed by atoms with Gasteiger partial charge in [-0.25, -0.2) is 0 Å². The first kappa shape index (κ1) is 12.7. The summed E-state index contributed by atoms with van der Waals surface area (Å²) in [5.41, 5.74) is 2.07. The number of nitrogens with zero attached hydrogens (tertiary/aromatic N) is 1. The molecule has 2 heterocycles. The van der Waals surface area contributed by atoms with Gasteiger partial charge < -0.3 is 9.84 Å². The predicted molar refractivity (Wildman–Crippen MR) is 76.7 cm³/mol. The summed E-state index contributed by atoms with van der Waals surface area (Å²) in [5.74, 6) is 0.849. The van der Waals surface area contributed by atoms with Crippen molar-refractivity contribution in [2.24, 2.45) is 0 Å². The van der Waals surface area contributed by atoms with E-state index in [4.69, 9.17) is 4.74 Å². The monoisotopic (exact) mass is 275 g/mol. The molecular weight excluding hydrogens is 258 g/mol. The molecule has 4 heteroatoms. The molecule has 0 amide bonds. The van der Waals surface area contributed by atoms with Gasteiger partial charge in [-0.05, 0) is 30.1 Å². The first-order chi connectivity index (χ1) is 9.22. The Morgan fingerprint density at radius 3 is 2.84 bits per heavy atom. The minimum atomic E-state index is -0.452. The molecule has 0 bridgehead atoms. The van der Waals surface area contributed by atoms with E-state index in [0.29, 0.717) is 6.54 Å². The summed E-state index contributed by atoms with van der Waals surface area (Å²) in [7, 11) is 3.73. The highest BCUT2D eigenvalue weighted by Gasteiger charge is 2.34. The molecule has 19 heavy (non-hydrogen) atoms. The fourth-order valence-corrected chi connectivity index (χ4v) is 3.72. The molecule has 0 spiro atoms. The molecule has 2 aromatic rings. The van der Waals surface area contributed by atoms with Crippen LogP contribution < -0.4 is 4.74 Å². The Hall–Kier alpha value is -1.36. The minimum Gasteiger partial charge on any atom is -0.496 e. The van der Waals surface area contributed by atoms with E-state index in [1.54, 1.807) is 18.4 Å². The molecule has 1 aliphatic heterocycles. The summed E-state index contributed by atoms with van der Waals surface area (Å²) in [6, 6.07) is 10.3. The van der Waals surface area contributed by atoms with Crippen LogP contribution >= 0.6 is 11.3 Å². The van der Waals surface area contributed by atoms with Gasteiger partial charge in [0.15, 0.2) is 0 Å². The first-order valence-electron chi connectivity index (χ1n) is 6.31. The van der Waals surface area contributed by atoms with Crippen LogP contribution in [0.5, 0.6) is 5.75 Å². The number of rotatable bonds is 2. The van der Waals surface area contributed by atoms with Crippen molar-refractivity contribution in [1.29, 1.82) is 0 Å². The smallest absolute Gasteiger partial charge is 0.124 e. The number of ether oxygens (including phenoxy) is 1. The van der Waals surface area contributed by atoms with Gasteiger partial charge in [-0.3, -0.25) is 4.90 Å². The van der Waals surface area contributed by atoms with Crippen molar-refractivity contribution >= 4 is 11.3 Å². The zero-order valence-corrected chi connectivity index (χ0v) is 11.9. The SMILES string of the molecule is COc1cccc2c1C(c1cccs1)N(C)CC2O. The highest BCUT2D eigenvalue weighted by molar-refractivity contribution is 7.10. The molecular formula is C15H17NO2S. The lowest BCUT2D eigenvalue weighted by Crippen LogP contribution is -2.35. The van der Waals surface area contributed by atoms with E-state index in [1.807, 2.05) is 25.2 Å². The molecule has 2 atom stereocenters. The number of hydrogen-bond acceptors (Lipinski definition) is 4. The third-order valence-electron chi connectivity index (χ3n) is 3.67. The van der Waals surface area contributed by atoms with Gasteiger partial charge in [-0.1, -0.05) is 18.2 Å². The zero-order valence-electron chi connectivity index (χ0n) is 11.0. The molecule has 2 unspecified atom stereocenters. The number of fused-ring (bicyclic) bond motifs is 1. The average Bonchev–Trinajstić information content (AvgIpc) is 2.92. The standard InChI is InChI=1S/C15H17NO2S/c1-16-9-11(17)10-5-3-6-12(18-2)14(10)15(16)13-7-4-8-19-13/h3-8,11,15,17H,9H2,1-2H3. The van der Waals surface area contributed by atoms with Crippen LogP contribution in [0.4, 0.5) is 0 Å². The first-order valence-corrected chi connectivity index (χ1v) is 7.19.